The molecule has 1 unspecified atom stereocenters. The number of nitriles is 1. The fraction of sp³-hybridized carbons (Fsp3) is 0.500. The number of nitrogens with zero attached hydrogens (tertiary/aromatic N) is 2. The molecule has 1 saturated carbocycles. The summed E-state index contributed by atoms with van der Waals surface area (Å²) in [6.07, 6.45) is 2.67. The Hall–Kier alpha value is -1.60. The first-order chi connectivity index (χ1) is 8.65. The van der Waals surface area contributed by atoms with E-state index in [0.29, 0.717) is 24.6 Å². The number of nitrogens with two attached hydrogens (primary N) is 1. The highest BCUT2D eigenvalue weighted by Crippen LogP contribution is 2.36. The van der Waals surface area contributed by atoms with E-state index in [-0.39, 0.29) is 11.9 Å². The molecule has 0 aromatic heterocycles. The van der Waals surface area contributed by atoms with Crippen LogP contribution in [0.3, 0.4) is 0 Å². The predicted molar refractivity (Wildman–Crippen MR) is 69.6 cm³/mol. The van der Waals surface area contributed by atoms with E-state index in [1.165, 1.54) is 6.07 Å². The van der Waals surface area contributed by atoms with E-state index in [1.807, 2.05) is 6.07 Å². The van der Waals surface area contributed by atoms with Gasteiger partial charge in [-0.05, 0) is 31.9 Å². The van der Waals surface area contributed by atoms with Crippen molar-refractivity contribution in [3.63, 3.8) is 0 Å². The van der Waals surface area contributed by atoms with Crippen molar-refractivity contribution in [2.75, 3.05) is 11.4 Å². The highest BCUT2D eigenvalue weighted by Gasteiger charge is 2.31. The quantitative estimate of drug-likeness (QED) is 0.870. The molecule has 1 atom stereocenters. The second kappa shape index (κ2) is 5.36. The molecule has 96 valence electrons. The fourth-order valence-electron chi connectivity index (χ4n) is 2.28. The van der Waals surface area contributed by atoms with Crippen molar-refractivity contribution in [3.8, 4) is 6.07 Å². The summed E-state index contributed by atoms with van der Waals surface area (Å²) in [6.45, 7) is 2.43. The molecule has 1 aromatic rings. The Balaban J connectivity index is 2.34. The molecule has 1 aliphatic rings. The molecule has 3 nitrogen and oxygen atoms in total. The van der Waals surface area contributed by atoms with E-state index in [1.54, 1.807) is 13.0 Å². The van der Waals surface area contributed by atoms with Gasteiger partial charge in [0.25, 0.3) is 0 Å². The maximum atomic E-state index is 13.9. The molecular formula is C14H18FN3. The molecule has 0 radical (unpaired) electrons. The summed E-state index contributed by atoms with van der Waals surface area (Å²) in [7, 11) is 0. The molecule has 0 heterocycles. The van der Waals surface area contributed by atoms with Gasteiger partial charge in [-0.25, -0.2) is 4.39 Å². The number of hydrogen-bond acceptors (Lipinski definition) is 3. The lowest BCUT2D eigenvalue weighted by Gasteiger charge is -2.27. The van der Waals surface area contributed by atoms with Crippen LogP contribution in [-0.4, -0.2) is 12.6 Å². The molecule has 18 heavy (non-hydrogen) atoms. The largest absolute Gasteiger partial charge is 0.367 e. The first-order valence-electron chi connectivity index (χ1n) is 6.32. The van der Waals surface area contributed by atoms with Crippen LogP contribution in [0.4, 0.5) is 10.1 Å². The molecular weight excluding hydrogens is 229 g/mol. The van der Waals surface area contributed by atoms with E-state index in [9.17, 15) is 4.39 Å². The van der Waals surface area contributed by atoms with Crippen molar-refractivity contribution in [1.29, 1.82) is 5.26 Å². The van der Waals surface area contributed by atoms with Gasteiger partial charge in [0.15, 0.2) is 0 Å². The predicted octanol–water partition coefficient (Wildman–Crippen LogP) is 2.73. The summed E-state index contributed by atoms with van der Waals surface area (Å²) >= 11 is 0. The van der Waals surface area contributed by atoms with Crippen LogP contribution in [0.25, 0.3) is 0 Å². The monoisotopic (exact) mass is 247 g/mol. The summed E-state index contributed by atoms with van der Waals surface area (Å²) in [5, 5.41) is 8.72. The number of halogens is 1. The zero-order valence-electron chi connectivity index (χ0n) is 10.6. The Bertz CT molecular complexity index is 461. The molecule has 0 spiro atoms. The summed E-state index contributed by atoms with van der Waals surface area (Å²) in [4.78, 5) is 2.13. The van der Waals surface area contributed by atoms with E-state index < -0.39 is 0 Å². The number of hydrogen-bond donors (Lipinski definition) is 1. The average molecular weight is 247 g/mol. The van der Waals surface area contributed by atoms with Crippen LogP contribution < -0.4 is 10.6 Å². The summed E-state index contributed by atoms with van der Waals surface area (Å²) in [5.74, 6) is -0.259. The SMILES string of the molecule is CC(N)c1c(F)cccc1N(CCC#N)C1CC1. The van der Waals surface area contributed by atoms with Crippen molar-refractivity contribution in [2.45, 2.75) is 38.3 Å². The zero-order valence-corrected chi connectivity index (χ0v) is 10.6. The molecule has 1 fully saturated rings. The van der Waals surface area contributed by atoms with Crippen LogP contribution in [0, 0.1) is 17.1 Å². The maximum absolute atomic E-state index is 13.9. The van der Waals surface area contributed by atoms with E-state index in [4.69, 9.17) is 11.0 Å². The van der Waals surface area contributed by atoms with Gasteiger partial charge < -0.3 is 10.6 Å². The Morgan fingerprint density at radius 2 is 2.28 bits per heavy atom. The lowest BCUT2D eigenvalue weighted by atomic mass is 10.0. The number of rotatable bonds is 5. The lowest BCUT2D eigenvalue weighted by Crippen LogP contribution is -2.29. The van der Waals surface area contributed by atoms with Crippen LogP contribution >= 0.6 is 0 Å². The van der Waals surface area contributed by atoms with Gasteiger partial charge in [-0.2, -0.15) is 5.26 Å². The third kappa shape index (κ3) is 2.62. The average Bonchev–Trinajstić information content (AvgIpc) is 3.13. The Morgan fingerprint density at radius 1 is 1.56 bits per heavy atom. The molecule has 0 bridgehead atoms. The van der Waals surface area contributed by atoms with E-state index in [2.05, 4.69) is 11.0 Å². The first-order valence-corrected chi connectivity index (χ1v) is 6.32. The standard InChI is InChI=1S/C14H18FN3/c1-10(17)14-12(15)4-2-5-13(14)18(9-3-8-16)11-6-7-11/h2,4-5,10-11H,3,6-7,9,17H2,1H3. The van der Waals surface area contributed by atoms with Gasteiger partial charge in [-0.3, -0.25) is 0 Å². The highest BCUT2D eigenvalue weighted by molar-refractivity contribution is 5.57. The minimum Gasteiger partial charge on any atom is -0.367 e. The molecule has 1 aromatic carbocycles. The Morgan fingerprint density at radius 3 is 2.83 bits per heavy atom. The van der Waals surface area contributed by atoms with Crippen molar-refractivity contribution in [2.24, 2.45) is 5.73 Å². The normalized spacial score (nSPS) is 16.1. The van der Waals surface area contributed by atoms with Gasteiger partial charge in [0.1, 0.15) is 5.82 Å². The van der Waals surface area contributed by atoms with Crippen LogP contribution in [0.15, 0.2) is 18.2 Å². The molecule has 4 heteroatoms. The van der Waals surface area contributed by atoms with Crippen molar-refractivity contribution in [3.05, 3.63) is 29.6 Å². The van der Waals surface area contributed by atoms with E-state index >= 15 is 0 Å². The second-order valence-corrected chi connectivity index (χ2v) is 4.79. The lowest BCUT2D eigenvalue weighted by molar-refractivity contribution is 0.591. The van der Waals surface area contributed by atoms with E-state index in [0.717, 1.165) is 18.5 Å². The molecule has 0 saturated heterocycles. The van der Waals surface area contributed by atoms with Gasteiger partial charge >= 0.3 is 0 Å². The van der Waals surface area contributed by atoms with Crippen LogP contribution in [0.1, 0.15) is 37.8 Å². The fourth-order valence-corrected chi connectivity index (χ4v) is 2.28. The maximum Gasteiger partial charge on any atom is 0.130 e. The van der Waals surface area contributed by atoms with Gasteiger partial charge in [-0.15, -0.1) is 0 Å². The summed E-state index contributed by atoms with van der Waals surface area (Å²) in [6, 6.07) is 7.30. The highest BCUT2D eigenvalue weighted by atomic mass is 19.1. The zero-order chi connectivity index (χ0) is 13.1. The molecule has 2 rings (SSSR count). The minimum atomic E-state index is -0.343. The van der Waals surface area contributed by atoms with Crippen molar-refractivity contribution < 1.29 is 4.39 Å². The topological polar surface area (TPSA) is 53.0 Å². The van der Waals surface area contributed by atoms with Gasteiger partial charge in [0.05, 0.1) is 12.5 Å². The smallest absolute Gasteiger partial charge is 0.130 e. The number of benzene rings is 1. The molecule has 2 N–H and O–H groups in total. The Kier molecular flexibility index (Phi) is 3.83. The molecule has 1 aliphatic carbocycles. The van der Waals surface area contributed by atoms with Crippen molar-refractivity contribution >= 4 is 5.69 Å². The third-order valence-corrected chi connectivity index (χ3v) is 3.25. The minimum absolute atomic E-state index is 0.259. The first kappa shape index (κ1) is 12.8. The Labute approximate surface area is 107 Å². The van der Waals surface area contributed by atoms with Gasteiger partial charge in [0, 0.05) is 29.9 Å². The number of anilines is 1. The summed E-state index contributed by atoms with van der Waals surface area (Å²) in [5.41, 5.74) is 7.28. The summed E-state index contributed by atoms with van der Waals surface area (Å²) < 4.78 is 13.9. The van der Waals surface area contributed by atoms with Gasteiger partial charge in [0.2, 0.25) is 0 Å². The van der Waals surface area contributed by atoms with Crippen LogP contribution in [0.5, 0.6) is 0 Å². The van der Waals surface area contributed by atoms with Gasteiger partial charge in [-0.1, -0.05) is 6.07 Å². The third-order valence-electron chi connectivity index (χ3n) is 3.25. The van der Waals surface area contributed by atoms with Crippen LogP contribution in [-0.2, 0) is 0 Å². The van der Waals surface area contributed by atoms with Crippen LogP contribution in [0.2, 0.25) is 0 Å². The second-order valence-electron chi connectivity index (χ2n) is 4.79. The molecule has 0 aliphatic heterocycles. The molecule has 0 amide bonds. The van der Waals surface area contributed by atoms with Crippen molar-refractivity contribution in [1.82, 2.24) is 0 Å².